The van der Waals surface area contributed by atoms with Gasteiger partial charge in [-0.1, -0.05) is 0 Å². The predicted octanol–water partition coefficient (Wildman–Crippen LogP) is 1.73. The van der Waals surface area contributed by atoms with Crippen molar-refractivity contribution in [1.82, 2.24) is 4.72 Å². The standard InChI is InChI=1S/C10H11F2NO3S/c11-10(12)16-8-3-5-9(6-4-8)17(14,15)13-7-1-2-7/h3-7,10,13H,1-2H2. The van der Waals surface area contributed by atoms with Crippen molar-refractivity contribution in [3.63, 3.8) is 0 Å². The lowest BCUT2D eigenvalue weighted by molar-refractivity contribution is -0.0498. The number of benzene rings is 1. The number of rotatable bonds is 5. The van der Waals surface area contributed by atoms with Crippen LogP contribution >= 0.6 is 0 Å². The molecule has 1 fully saturated rings. The SMILES string of the molecule is O=S(=O)(NC1CC1)c1ccc(OC(F)F)cc1. The second-order valence-electron chi connectivity index (χ2n) is 3.75. The number of hydrogen-bond donors (Lipinski definition) is 1. The molecule has 94 valence electrons. The van der Waals surface area contributed by atoms with Crippen LogP contribution in [0.5, 0.6) is 5.75 Å². The summed E-state index contributed by atoms with van der Waals surface area (Å²) in [5.41, 5.74) is 0. The van der Waals surface area contributed by atoms with Gasteiger partial charge in [0.1, 0.15) is 5.75 Å². The lowest BCUT2D eigenvalue weighted by Gasteiger charge is -2.07. The van der Waals surface area contributed by atoms with Crippen molar-refractivity contribution in [1.29, 1.82) is 0 Å². The summed E-state index contributed by atoms with van der Waals surface area (Å²) in [7, 11) is -3.54. The minimum absolute atomic E-state index is 0.0111. The van der Waals surface area contributed by atoms with Crippen LogP contribution in [0.2, 0.25) is 0 Å². The van der Waals surface area contributed by atoms with E-state index >= 15 is 0 Å². The summed E-state index contributed by atoms with van der Waals surface area (Å²) in [6.07, 6.45) is 1.68. The first-order valence-corrected chi connectivity index (χ1v) is 6.53. The van der Waals surface area contributed by atoms with E-state index in [-0.39, 0.29) is 16.7 Å². The molecule has 1 N–H and O–H groups in total. The molecule has 1 saturated carbocycles. The zero-order valence-electron chi connectivity index (χ0n) is 8.77. The third-order valence-corrected chi connectivity index (χ3v) is 3.79. The highest BCUT2D eigenvalue weighted by molar-refractivity contribution is 7.89. The maximum Gasteiger partial charge on any atom is 0.387 e. The van der Waals surface area contributed by atoms with E-state index in [9.17, 15) is 17.2 Å². The third-order valence-electron chi connectivity index (χ3n) is 2.26. The number of halogens is 2. The third kappa shape index (κ3) is 3.37. The first-order valence-electron chi connectivity index (χ1n) is 5.04. The first-order chi connectivity index (χ1) is 7.97. The van der Waals surface area contributed by atoms with E-state index in [0.717, 1.165) is 12.8 Å². The van der Waals surface area contributed by atoms with E-state index < -0.39 is 16.6 Å². The molecule has 0 spiro atoms. The fourth-order valence-electron chi connectivity index (χ4n) is 1.29. The number of ether oxygens (including phenoxy) is 1. The Morgan fingerprint density at radius 2 is 1.82 bits per heavy atom. The fraction of sp³-hybridized carbons (Fsp3) is 0.400. The van der Waals surface area contributed by atoms with Crippen LogP contribution in [0.15, 0.2) is 29.2 Å². The van der Waals surface area contributed by atoms with Gasteiger partial charge in [-0.05, 0) is 37.1 Å². The molecule has 0 atom stereocenters. The Balaban J connectivity index is 2.11. The van der Waals surface area contributed by atoms with Crippen LogP contribution in [-0.2, 0) is 10.0 Å². The molecule has 17 heavy (non-hydrogen) atoms. The molecule has 0 aromatic heterocycles. The van der Waals surface area contributed by atoms with Gasteiger partial charge in [-0.2, -0.15) is 8.78 Å². The van der Waals surface area contributed by atoms with Gasteiger partial charge in [0.2, 0.25) is 10.0 Å². The summed E-state index contributed by atoms with van der Waals surface area (Å²) in [5, 5.41) is 0. The van der Waals surface area contributed by atoms with Gasteiger partial charge in [0.05, 0.1) is 4.90 Å². The smallest absolute Gasteiger partial charge is 0.387 e. The minimum atomic E-state index is -3.54. The van der Waals surface area contributed by atoms with Crippen molar-refractivity contribution < 1.29 is 21.9 Å². The molecule has 2 rings (SSSR count). The molecule has 0 amide bonds. The van der Waals surface area contributed by atoms with Crippen molar-refractivity contribution >= 4 is 10.0 Å². The van der Waals surface area contributed by atoms with Crippen LogP contribution < -0.4 is 9.46 Å². The van der Waals surface area contributed by atoms with Gasteiger partial charge in [0.15, 0.2) is 0 Å². The van der Waals surface area contributed by atoms with Gasteiger partial charge in [-0.15, -0.1) is 0 Å². The van der Waals surface area contributed by atoms with Gasteiger partial charge in [0.25, 0.3) is 0 Å². The Bertz CT molecular complexity index is 483. The molecule has 4 nitrogen and oxygen atoms in total. The highest BCUT2D eigenvalue weighted by atomic mass is 32.2. The summed E-state index contributed by atoms with van der Waals surface area (Å²) < 4.78 is 53.8. The van der Waals surface area contributed by atoms with Crippen LogP contribution in [-0.4, -0.2) is 21.1 Å². The summed E-state index contributed by atoms with van der Waals surface area (Å²) in [4.78, 5) is 0.0472. The molecule has 0 aliphatic heterocycles. The molecular weight excluding hydrogens is 252 g/mol. The quantitative estimate of drug-likeness (QED) is 0.880. The van der Waals surface area contributed by atoms with Gasteiger partial charge < -0.3 is 4.74 Å². The van der Waals surface area contributed by atoms with Crippen molar-refractivity contribution in [2.24, 2.45) is 0 Å². The number of nitrogens with one attached hydrogen (secondary N) is 1. The van der Waals surface area contributed by atoms with E-state index in [0.29, 0.717) is 0 Å². The van der Waals surface area contributed by atoms with E-state index in [1.54, 1.807) is 0 Å². The summed E-state index contributed by atoms with van der Waals surface area (Å²) in [6.45, 7) is -2.91. The lowest BCUT2D eigenvalue weighted by Crippen LogP contribution is -2.25. The average molecular weight is 263 g/mol. The van der Waals surface area contributed by atoms with E-state index in [1.165, 1.54) is 24.3 Å². The number of hydrogen-bond acceptors (Lipinski definition) is 3. The molecule has 1 aliphatic rings. The predicted molar refractivity (Wildman–Crippen MR) is 56.4 cm³/mol. The topological polar surface area (TPSA) is 55.4 Å². The van der Waals surface area contributed by atoms with Gasteiger partial charge in [-0.25, -0.2) is 13.1 Å². The van der Waals surface area contributed by atoms with Gasteiger partial charge in [0, 0.05) is 6.04 Å². The molecule has 1 aromatic rings. The average Bonchev–Trinajstić information content (AvgIpc) is 3.01. The molecule has 0 unspecified atom stereocenters. The number of sulfonamides is 1. The summed E-state index contributed by atoms with van der Waals surface area (Å²) in [6, 6.07) is 4.89. The Hall–Kier alpha value is -1.21. The molecule has 1 aromatic carbocycles. The summed E-state index contributed by atoms with van der Waals surface area (Å²) in [5.74, 6) is -0.0645. The minimum Gasteiger partial charge on any atom is -0.435 e. The van der Waals surface area contributed by atoms with Crippen LogP contribution in [0, 0.1) is 0 Å². The molecule has 0 heterocycles. The maximum absolute atomic E-state index is 11.9. The van der Waals surface area contributed by atoms with Crippen molar-refractivity contribution in [2.75, 3.05) is 0 Å². The van der Waals surface area contributed by atoms with Crippen LogP contribution in [0.25, 0.3) is 0 Å². The van der Waals surface area contributed by atoms with E-state index in [1.807, 2.05) is 0 Å². The van der Waals surface area contributed by atoms with Crippen molar-refractivity contribution in [3.8, 4) is 5.75 Å². The Morgan fingerprint density at radius 1 is 1.24 bits per heavy atom. The fourth-order valence-corrected chi connectivity index (χ4v) is 2.59. The lowest BCUT2D eigenvalue weighted by atomic mass is 10.3. The zero-order chi connectivity index (χ0) is 12.5. The Kier molecular flexibility index (Phi) is 3.30. The largest absolute Gasteiger partial charge is 0.435 e. The molecular formula is C10H11F2NO3S. The highest BCUT2D eigenvalue weighted by Gasteiger charge is 2.27. The van der Waals surface area contributed by atoms with E-state index in [2.05, 4.69) is 9.46 Å². The van der Waals surface area contributed by atoms with Crippen molar-refractivity contribution in [2.45, 2.75) is 30.4 Å². The molecule has 0 bridgehead atoms. The first kappa shape index (κ1) is 12.3. The second-order valence-corrected chi connectivity index (χ2v) is 5.46. The zero-order valence-corrected chi connectivity index (χ0v) is 9.58. The summed E-state index contributed by atoms with van der Waals surface area (Å²) >= 11 is 0. The monoisotopic (exact) mass is 263 g/mol. The molecule has 0 saturated heterocycles. The molecule has 1 aliphatic carbocycles. The second kappa shape index (κ2) is 4.58. The highest BCUT2D eigenvalue weighted by Crippen LogP contribution is 2.23. The van der Waals surface area contributed by atoms with Crippen LogP contribution in [0.1, 0.15) is 12.8 Å². The van der Waals surface area contributed by atoms with Crippen LogP contribution in [0.4, 0.5) is 8.78 Å². The molecule has 0 radical (unpaired) electrons. The maximum atomic E-state index is 11.9. The Labute approximate surface area is 97.6 Å². The van der Waals surface area contributed by atoms with Gasteiger partial charge >= 0.3 is 6.61 Å². The van der Waals surface area contributed by atoms with E-state index in [4.69, 9.17) is 0 Å². The Morgan fingerprint density at radius 3 is 2.29 bits per heavy atom. The molecule has 7 heteroatoms. The normalized spacial score (nSPS) is 16.2. The van der Waals surface area contributed by atoms with Crippen LogP contribution in [0.3, 0.4) is 0 Å². The van der Waals surface area contributed by atoms with Gasteiger partial charge in [-0.3, -0.25) is 0 Å². The van der Waals surface area contributed by atoms with Crippen molar-refractivity contribution in [3.05, 3.63) is 24.3 Å². The number of alkyl halides is 2.